The van der Waals surface area contributed by atoms with E-state index in [1.54, 1.807) is 0 Å². The van der Waals surface area contributed by atoms with Crippen molar-refractivity contribution in [3.63, 3.8) is 0 Å². The average Bonchev–Trinajstić information content (AvgIpc) is 1.82. The fourth-order valence-corrected chi connectivity index (χ4v) is 0.282. The van der Waals surface area contributed by atoms with Crippen LogP contribution < -0.4 is 17.2 Å². The van der Waals surface area contributed by atoms with Gasteiger partial charge in [0.2, 0.25) is 0 Å². The van der Waals surface area contributed by atoms with E-state index in [1.165, 1.54) is 0 Å². The Morgan fingerprint density at radius 1 is 1.55 bits per heavy atom. The normalized spacial score (nSPS) is 11.0. The van der Waals surface area contributed by atoms with Crippen LogP contribution in [0, 0.1) is 0 Å². The van der Waals surface area contributed by atoms with Gasteiger partial charge in [-0.1, -0.05) is 0 Å². The third-order valence-electron chi connectivity index (χ3n) is 0.788. The quantitative estimate of drug-likeness (QED) is 0.289. The Kier molecular flexibility index (Phi) is 6.70. The number of rotatable bonds is 3. The van der Waals surface area contributed by atoms with Crippen LogP contribution in [-0.4, -0.2) is 29.6 Å². The van der Waals surface area contributed by atoms with Crippen molar-refractivity contribution in [3.8, 4) is 0 Å². The molecule has 0 aliphatic rings. The number of hydrogen-bond acceptors (Lipinski definition) is 3. The van der Waals surface area contributed by atoms with Crippen molar-refractivity contribution in [1.82, 2.24) is 0 Å². The molecule has 0 heterocycles. The van der Waals surface area contributed by atoms with E-state index in [0.29, 0.717) is 0 Å². The second kappa shape index (κ2) is 5.81. The molecule has 66 valence electrons. The Balaban J connectivity index is 0. The highest BCUT2D eigenvalue weighted by Gasteiger charge is 2.09. The number of carboxylic acid groups (broad SMARTS) is 1. The summed E-state index contributed by atoms with van der Waals surface area (Å²) in [5.41, 5.74) is 14.9. The number of nitrogens with two attached hydrogens (primary N) is 3. The fourth-order valence-electron chi connectivity index (χ4n) is 0.282. The lowest BCUT2D eigenvalue weighted by Gasteiger charge is -2.00. The number of aliphatic imine (C=N–C) groups is 1. The lowest BCUT2D eigenvalue weighted by molar-refractivity contribution is -0.138. The highest BCUT2D eigenvalue weighted by atomic mass is 32.1. The van der Waals surface area contributed by atoms with Crippen LogP contribution in [0.5, 0.6) is 0 Å². The summed E-state index contributed by atoms with van der Waals surface area (Å²) < 4.78 is 0. The molecule has 0 amide bonds. The second-order valence-electron chi connectivity index (χ2n) is 1.71. The summed E-state index contributed by atoms with van der Waals surface area (Å²) in [6.07, 6.45) is 0. The Bertz CT molecular complexity index is 156. The number of carboxylic acids is 1. The van der Waals surface area contributed by atoms with Gasteiger partial charge in [-0.3, -0.25) is 9.79 Å². The maximum absolute atomic E-state index is 10.0. The lowest BCUT2D eigenvalue weighted by Crippen LogP contribution is -2.35. The Labute approximate surface area is 70.9 Å². The van der Waals surface area contributed by atoms with Gasteiger partial charge in [-0.25, -0.2) is 0 Å². The van der Waals surface area contributed by atoms with Gasteiger partial charge in [0.15, 0.2) is 5.96 Å². The van der Waals surface area contributed by atoms with Crippen LogP contribution in [-0.2, 0) is 4.79 Å². The smallest absolute Gasteiger partial charge is 0.322 e. The van der Waals surface area contributed by atoms with Crippen LogP contribution in [0.25, 0.3) is 0 Å². The molecule has 0 aromatic carbocycles. The summed E-state index contributed by atoms with van der Waals surface area (Å²) in [6, 6.07) is -1.03. The molecule has 1 atom stereocenters. The Morgan fingerprint density at radius 2 is 2.00 bits per heavy atom. The second-order valence-corrected chi connectivity index (χ2v) is 1.71. The number of aliphatic carboxylic acids is 1. The van der Waals surface area contributed by atoms with E-state index in [4.69, 9.17) is 22.3 Å². The van der Waals surface area contributed by atoms with Gasteiger partial charge in [-0.15, -0.1) is 0 Å². The Morgan fingerprint density at radius 3 is 2.27 bits per heavy atom. The summed E-state index contributed by atoms with van der Waals surface area (Å²) >= 11 is 0. The third kappa shape index (κ3) is 6.94. The predicted molar refractivity (Wildman–Crippen MR) is 46.7 cm³/mol. The molecule has 0 aromatic rings. The molecule has 0 saturated carbocycles. The first kappa shape index (κ1) is 12.7. The third-order valence-corrected chi connectivity index (χ3v) is 0.788. The minimum atomic E-state index is -1.12. The van der Waals surface area contributed by atoms with Crippen LogP contribution in [0.3, 0.4) is 0 Å². The first-order chi connectivity index (χ1) is 4.54. The molecule has 0 aliphatic heterocycles. The fraction of sp³-hybridized carbons (Fsp3) is 0.500. The molecule has 0 unspecified atom stereocenters. The van der Waals surface area contributed by atoms with E-state index >= 15 is 0 Å². The lowest BCUT2D eigenvalue weighted by atomic mass is 10.3. The highest BCUT2D eigenvalue weighted by molar-refractivity contribution is 7.59. The SMILES string of the molecule is NC(N)=NC[C@H](N)C(=O)O.S. The van der Waals surface area contributed by atoms with Gasteiger partial charge in [-0.05, 0) is 0 Å². The van der Waals surface area contributed by atoms with E-state index in [2.05, 4.69) is 4.99 Å². The van der Waals surface area contributed by atoms with Crippen LogP contribution in [0.2, 0.25) is 0 Å². The number of guanidine groups is 1. The van der Waals surface area contributed by atoms with E-state index < -0.39 is 12.0 Å². The van der Waals surface area contributed by atoms with Crippen molar-refractivity contribution < 1.29 is 9.90 Å². The van der Waals surface area contributed by atoms with Crippen molar-refractivity contribution in [2.75, 3.05) is 6.54 Å². The van der Waals surface area contributed by atoms with Gasteiger partial charge in [0, 0.05) is 0 Å². The Hall–Kier alpha value is -0.950. The topological polar surface area (TPSA) is 128 Å². The summed E-state index contributed by atoms with van der Waals surface area (Å²) in [7, 11) is 0. The maximum Gasteiger partial charge on any atom is 0.322 e. The molecule has 0 fully saturated rings. The van der Waals surface area contributed by atoms with Gasteiger partial charge in [0.05, 0.1) is 6.54 Å². The minimum absolute atomic E-state index is 0. The molecule has 0 aromatic heterocycles. The average molecular weight is 180 g/mol. The van der Waals surface area contributed by atoms with Gasteiger partial charge in [0.1, 0.15) is 6.04 Å². The molecule has 0 aliphatic carbocycles. The monoisotopic (exact) mass is 180 g/mol. The van der Waals surface area contributed by atoms with E-state index in [1.807, 2.05) is 0 Å². The molecular formula is C4H12N4O2S. The van der Waals surface area contributed by atoms with Crippen LogP contribution in [0.1, 0.15) is 0 Å². The molecule has 0 spiro atoms. The zero-order valence-corrected chi connectivity index (χ0v) is 6.82. The van der Waals surface area contributed by atoms with E-state index in [0.717, 1.165) is 0 Å². The zero-order valence-electron chi connectivity index (χ0n) is 5.82. The largest absolute Gasteiger partial charge is 0.480 e. The van der Waals surface area contributed by atoms with Crippen LogP contribution >= 0.6 is 13.5 Å². The molecule has 6 nitrogen and oxygen atoms in total. The van der Waals surface area contributed by atoms with Crippen molar-refractivity contribution in [2.24, 2.45) is 22.2 Å². The van der Waals surface area contributed by atoms with Crippen molar-refractivity contribution in [1.29, 1.82) is 0 Å². The molecule has 0 radical (unpaired) electrons. The summed E-state index contributed by atoms with van der Waals surface area (Å²) in [6.45, 7) is -0.0856. The molecule has 7 heteroatoms. The minimum Gasteiger partial charge on any atom is -0.480 e. The number of hydrogen-bond donors (Lipinski definition) is 4. The van der Waals surface area contributed by atoms with Crippen molar-refractivity contribution in [3.05, 3.63) is 0 Å². The van der Waals surface area contributed by atoms with Gasteiger partial charge >= 0.3 is 5.97 Å². The van der Waals surface area contributed by atoms with Gasteiger partial charge < -0.3 is 22.3 Å². The summed E-state index contributed by atoms with van der Waals surface area (Å²) in [4.78, 5) is 13.4. The summed E-state index contributed by atoms with van der Waals surface area (Å²) in [5.74, 6) is -1.28. The van der Waals surface area contributed by atoms with E-state index in [-0.39, 0.29) is 26.0 Å². The predicted octanol–water partition coefficient (Wildman–Crippen LogP) is -2.22. The standard InChI is InChI=1S/C4H10N4O2.H2S/c5-2(3(9)10)1-8-4(6)7;/h2H,1,5H2,(H,9,10)(H4,6,7,8);1H2/t2-;/m0./s1. The summed E-state index contributed by atoms with van der Waals surface area (Å²) in [5, 5.41) is 8.22. The molecule has 11 heavy (non-hydrogen) atoms. The van der Waals surface area contributed by atoms with E-state index in [9.17, 15) is 4.79 Å². The maximum atomic E-state index is 10.0. The number of nitrogens with zero attached hydrogens (tertiary/aromatic N) is 1. The first-order valence-electron chi connectivity index (χ1n) is 2.58. The van der Waals surface area contributed by atoms with Crippen molar-refractivity contribution >= 4 is 25.4 Å². The van der Waals surface area contributed by atoms with Gasteiger partial charge in [-0.2, -0.15) is 13.5 Å². The zero-order chi connectivity index (χ0) is 8.15. The molecule has 0 bridgehead atoms. The molecule has 0 saturated heterocycles. The van der Waals surface area contributed by atoms with Gasteiger partial charge in [0.25, 0.3) is 0 Å². The molecule has 7 N–H and O–H groups in total. The number of carbonyl (C=O) groups is 1. The molecule has 0 rings (SSSR count). The van der Waals surface area contributed by atoms with Crippen LogP contribution in [0.15, 0.2) is 4.99 Å². The first-order valence-corrected chi connectivity index (χ1v) is 2.58. The van der Waals surface area contributed by atoms with Crippen LogP contribution in [0.4, 0.5) is 0 Å². The molecular weight excluding hydrogens is 168 g/mol. The van der Waals surface area contributed by atoms with Crippen molar-refractivity contribution in [2.45, 2.75) is 6.04 Å². The highest BCUT2D eigenvalue weighted by Crippen LogP contribution is 1.78.